The Kier molecular flexibility index (Phi) is 5.77. The molecule has 0 aliphatic carbocycles. The molecule has 0 fully saturated rings. The zero-order valence-electron chi connectivity index (χ0n) is 16.1. The fourth-order valence-electron chi connectivity index (χ4n) is 3.01. The summed E-state index contributed by atoms with van der Waals surface area (Å²) >= 11 is 13.6. The van der Waals surface area contributed by atoms with E-state index in [1.165, 1.54) is 19.9 Å². The van der Waals surface area contributed by atoms with Gasteiger partial charge in [0.05, 0.1) is 20.5 Å². The number of halogens is 2. The van der Waals surface area contributed by atoms with Crippen LogP contribution in [0.2, 0.25) is 10.0 Å². The second kappa shape index (κ2) is 7.58. The quantitative estimate of drug-likeness (QED) is 0.705. The number of carbonyl (C=O) groups excluding carboxylic acids is 1. The number of amidine groups is 1. The molecule has 1 aliphatic heterocycles. The van der Waals surface area contributed by atoms with Crippen molar-refractivity contribution in [1.29, 1.82) is 0 Å². The Hall–Kier alpha value is -1.61. The maximum Gasteiger partial charge on any atom is 0.261 e. The minimum absolute atomic E-state index is 0.0282. The summed E-state index contributed by atoms with van der Waals surface area (Å²) in [6.07, 6.45) is 0. The van der Waals surface area contributed by atoms with Gasteiger partial charge in [0.25, 0.3) is 5.91 Å². The molecular weight excluding hydrogens is 453 g/mol. The van der Waals surface area contributed by atoms with Crippen LogP contribution in [0.4, 0.5) is 0 Å². The van der Waals surface area contributed by atoms with Crippen LogP contribution < -0.4 is 11.1 Å². The molecule has 2 aromatic rings. The lowest BCUT2D eigenvalue weighted by Crippen LogP contribution is -2.54. The van der Waals surface area contributed by atoms with Gasteiger partial charge in [-0.3, -0.25) is 9.79 Å². The van der Waals surface area contributed by atoms with Gasteiger partial charge in [-0.2, -0.15) is 0 Å². The van der Waals surface area contributed by atoms with Crippen molar-refractivity contribution in [2.45, 2.75) is 37.6 Å². The first-order valence-electron chi connectivity index (χ1n) is 8.77. The summed E-state index contributed by atoms with van der Waals surface area (Å²) in [5.41, 5.74) is 5.62. The minimum Gasteiger partial charge on any atom is -0.386 e. The van der Waals surface area contributed by atoms with E-state index in [0.717, 1.165) is 16.9 Å². The van der Waals surface area contributed by atoms with Crippen LogP contribution in [0.5, 0.6) is 0 Å². The molecule has 2 heterocycles. The molecule has 0 spiro atoms. The zero-order valence-corrected chi connectivity index (χ0v) is 19.3. The van der Waals surface area contributed by atoms with Gasteiger partial charge in [-0.25, -0.2) is 8.42 Å². The van der Waals surface area contributed by atoms with Crippen LogP contribution in [-0.2, 0) is 21.9 Å². The molecule has 1 atom stereocenters. The highest BCUT2D eigenvalue weighted by atomic mass is 35.5. The van der Waals surface area contributed by atoms with Gasteiger partial charge < -0.3 is 11.1 Å². The maximum atomic E-state index is 12.8. The monoisotopic (exact) mass is 473 g/mol. The summed E-state index contributed by atoms with van der Waals surface area (Å²) in [6.45, 7) is 4.98. The number of sulfone groups is 1. The van der Waals surface area contributed by atoms with Crippen molar-refractivity contribution < 1.29 is 13.2 Å². The number of aliphatic imine (C=N–C) groups is 1. The largest absolute Gasteiger partial charge is 0.386 e. The number of hydrogen-bond donors (Lipinski definition) is 2. The summed E-state index contributed by atoms with van der Waals surface area (Å²) in [6, 6.07) is 8.74. The van der Waals surface area contributed by atoms with Crippen LogP contribution in [0.1, 0.15) is 40.9 Å². The summed E-state index contributed by atoms with van der Waals surface area (Å²) in [5.74, 6) is -0.544. The topological polar surface area (TPSA) is 102 Å². The van der Waals surface area contributed by atoms with Crippen LogP contribution in [0.3, 0.4) is 0 Å². The van der Waals surface area contributed by atoms with E-state index in [0.29, 0.717) is 14.8 Å². The second-order valence-electron chi connectivity index (χ2n) is 7.60. The highest BCUT2D eigenvalue weighted by Gasteiger charge is 2.50. The van der Waals surface area contributed by atoms with Crippen molar-refractivity contribution in [3.05, 3.63) is 55.7 Å². The molecule has 0 unspecified atom stereocenters. The minimum atomic E-state index is -3.57. The molecule has 1 amide bonds. The molecule has 1 aromatic heterocycles. The number of benzene rings is 1. The first-order chi connectivity index (χ1) is 13.4. The first-order valence-corrected chi connectivity index (χ1v) is 12.0. The number of nitrogens with two attached hydrogens (primary N) is 1. The molecule has 6 nitrogen and oxygen atoms in total. The lowest BCUT2D eigenvalue weighted by Gasteiger charge is -2.37. The van der Waals surface area contributed by atoms with Crippen molar-refractivity contribution >= 4 is 56.1 Å². The fourth-order valence-corrected chi connectivity index (χ4v) is 6.53. The Morgan fingerprint density at radius 1 is 1.24 bits per heavy atom. The molecule has 3 rings (SSSR count). The van der Waals surface area contributed by atoms with Gasteiger partial charge in [-0.05, 0) is 38.5 Å². The van der Waals surface area contributed by atoms with E-state index in [1.54, 1.807) is 13.0 Å². The van der Waals surface area contributed by atoms with Crippen molar-refractivity contribution in [1.82, 2.24) is 5.32 Å². The number of nitrogens with one attached hydrogen (secondary N) is 1. The van der Waals surface area contributed by atoms with Crippen molar-refractivity contribution in [3.8, 4) is 0 Å². The molecule has 3 N–H and O–H groups in total. The van der Waals surface area contributed by atoms with Crippen LogP contribution in [0.25, 0.3) is 0 Å². The first kappa shape index (κ1) is 22.1. The molecule has 10 heteroatoms. The van der Waals surface area contributed by atoms with E-state index < -0.39 is 20.1 Å². The molecule has 29 heavy (non-hydrogen) atoms. The SMILES string of the molecule is CC1(C)C(N)=N[C@](C)(c2sc(C(=O)NCc3ccccc3Cl)cc2Cl)CS1(=O)=O. The maximum absolute atomic E-state index is 12.8. The van der Waals surface area contributed by atoms with E-state index in [-0.39, 0.29) is 29.1 Å². The number of thiophene rings is 1. The van der Waals surface area contributed by atoms with Crippen molar-refractivity contribution in [2.24, 2.45) is 10.7 Å². The van der Waals surface area contributed by atoms with Crippen molar-refractivity contribution in [3.63, 3.8) is 0 Å². The summed E-state index contributed by atoms with van der Waals surface area (Å²) in [7, 11) is -3.57. The molecule has 1 aliphatic rings. The van der Waals surface area contributed by atoms with Gasteiger partial charge in [0.2, 0.25) is 0 Å². The lowest BCUT2D eigenvalue weighted by atomic mass is 10.0. The summed E-state index contributed by atoms with van der Waals surface area (Å²) in [5, 5.41) is 3.64. The third kappa shape index (κ3) is 4.03. The number of hydrogen-bond acceptors (Lipinski definition) is 6. The molecular formula is C19H21Cl2N3O3S2. The molecule has 156 valence electrons. The number of carbonyl (C=O) groups is 1. The van der Waals surface area contributed by atoms with Gasteiger partial charge in [0.15, 0.2) is 9.84 Å². The van der Waals surface area contributed by atoms with Crippen LogP contribution in [0, 0.1) is 0 Å². The fraction of sp³-hybridized carbons (Fsp3) is 0.368. The van der Waals surface area contributed by atoms with E-state index in [9.17, 15) is 13.2 Å². The Bertz CT molecular complexity index is 1110. The Morgan fingerprint density at radius 3 is 2.52 bits per heavy atom. The summed E-state index contributed by atoms with van der Waals surface area (Å²) in [4.78, 5) is 17.9. The van der Waals surface area contributed by atoms with Gasteiger partial charge in [-0.15, -0.1) is 11.3 Å². The zero-order chi connectivity index (χ0) is 21.6. The standard InChI is InChI=1S/C19H21Cl2N3O3S2/c1-18(2)17(22)24-19(3,10-29(18,26)27)15-13(21)8-14(28-15)16(25)23-9-11-6-4-5-7-12(11)20/h4-8H,9-10H2,1-3H3,(H2,22,24)(H,23,25)/t19-/m0/s1. The predicted octanol–water partition coefficient (Wildman–Crippen LogP) is 3.76. The smallest absolute Gasteiger partial charge is 0.261 e. The van der Waals surface area contributed by atoms with Crippen LogP contribution in [0.15, 0.2) is 35.3 Å². The van der Waals surface area contributed by atoms with Gasteiger partial charge in [0.1, 0.15) is 16.1 Å². The molecule has 0 saturated heterocycles. The van der Waals surface area contributed by atoms with Crippen LogP contribution in [-0.4, -0.2) is 30.7 Å². The lowest BCUT2D eigenvalue weighted by molar-refractivity contribution is 0.0955. The number of amides is 1. The summed E-state index contributed by atoms with van der Waals surface area (Å²) < 4.78 is 24.3. The molecule has 0 bridgehead atoms. The van der Waals surface area contributed by atoms with E-state index in [2.05, 4.69) is 10.3 Å². The third-order valence-corrected chi connectivity index (χ3v) is 9.90. The van der Waals surface area contributed by atoms with Gasteiger partial charge >= 0.3 is 0 Å². The molecule has 1 aromatic carbocycles. The average molecular weight is 474 g/mol. The highest BCUT2D eigenvalue weighted by molar-refractivity contribution is 7.93. The normalized spacial score (nSPS) is 22.7. The second-order valence-corrected chi connectivity index (χ2v) is 12.0. The van der Waals surface area contributed by atoms with Gasteiger partial charge in [-0.1, -0.05) is 41.4 Å². The Labute approximate surface area is 184 Å². The molecule has 0 radical (unpaired) electrons. The number of rotatable bonds is 4. The van der Waals surface area contributed by atoms with Crippen LogP contribution >= 0.6 is 34.5 Å². The number of nitrogens with zero attached hydrogens (tertiary/aromatic N) is 1. The Morgan fingerprint density at radius 2 is 1.90 bits per heavy atom. The van der Waals surface area contributed by atoms with E-state index in [1.807, 2.05) is 18.2 Å². The predicted molar refractivity (Wildman–Crippen MR) is 119 cm³/mol. The molecule has 0 saturated carbocycles. The van der Waals surface area contributed by atoms with E-state index >= 15 is 0 Å². The van der Waals surface area contributed by atoms with Crippen molar-refractivity contribution in [2.75, 3.05) is 5.75 Å². The third-order valence-electron chi connectivity index (χ3n) is 5.03. The van der Waals surface area contributed by atoms with Gasteiger partial charge in [0, 0.05) is 11.6 Å². The Balaban J connectivity index is 1.88. The average Bonchev–Trinajstić information content (AvgIpc) is 3.02. The van der Waals surface area contributed by atoms with E-state index in [4.69, 9.17) is 28.9 Å². The highest BCUT2D eigenvalue weighted by Crippen LogP contribution is 2.43.